The van der Waals surface area contributed by atoms with Gasteiger partial charge in [0.1, 0.15) is 0 Å². The molecule has 0 spiro atoms. The third-order valence-electron chi connectivity index (χ3n) is 3.44. The zero-order valence-electron chi connectivity index (χ0n) is 13.0. The van der Waals surface area contributed by atoms with Crippen molar-refractivity contribution < 1.29 is 4.79 Å². The molecule has 2 aromatic rings. The topological polar surface area (TPSA) is 32.9 Å². The van der Waals surface area contributed by atoms with Gasteiger partial charge in [-0.2, -0.15) is 0 Å². The van der Waals surface area contributed by atoms with E-state index in [2.05, 4.69) is 44.8 Å². The van der Waals surface area contributed by atoms with Crippen molar-refractivity contribution in [1.29, 1.82) is 0 Å². The average Bonchev–Trinajstić information content (AvgIpc) is 2.71. The van der Waals surface area contributed by atoms with Gasteiger partial charge in [0.25, 0.3) is 0 Å². The first-order valence-electron chi connectivity index (χ1n) is 7.18. The number of H-pyrrole nitrogens is 1. The van der Waals surface area contributed by atoms with Gasteiger partial charge in [-0.05, 0) is 56.9 Å². The summed E-state index contributed by atoms with van der Waals surface area (Å²) in [6.45, 7) is 10.5. The number of carbonyl (C=O) groups is 1. The van der Waals surface area contributed by atoms with Gasteiger partial charge in [-0.25, -0.2) is 0 Å². The van der Waals surface area contributed by atoms with E-state index in [1.807, 2.05) is 13.0 Å². The van der Waals surface area contributed by atoms with E-state index in [9.17, 15) is 4.79 Å². The molecule has 0 unspecified atom stereocenters. The van der Waals surface area contributed by atoms with E-state index in [0.29, 0.717) is 11.6 Å². The maximum absolute atomic E-state index is 12.3. The Labute approximate surface area is 120 Å². The number of benzene rings is 1. The number of hydrogen-bond donors (Lipinski definition) is 1. The van der Waals surface area contributed by atoms with Crippen molar-refractivity contribution in [2.45, 2.75) is 41.0 Å². The van der Waals surface area contributed by atoms with E-state index in [0.717, 1.165) is 22.9 Å². The maximum Gasteiger partial charge on any atom is 0.201 e. The summed E-state index contributed by atoms with van der Waals surface area (Å²) in [5.74, 6) is 0.642. The highest BCUT2D eigenvalue weighted by molar-refractivity contribution is 6.06. The van der Waals surface area contributed by atoms with Crippen LogP contribution >= 0.6 is 0 Å². The molecule has 0 aliphatic heterocycles. The lowest BCUT2D eigenvalue weighted by Crippen LogP contribution is -1.97. The Morgan fingerprint density at radius 2 is 1.95 bits per heavy atom. The van der Waals surface area contributed by atoms with E-state index < -0.39 is 0 Å². The first kappa shape index (κ1) is 14.6. The Morgan fingerprint density at radius 3 is 2.60 bits per heavy atom. The lowest BCUT2D eigenvalue weighted by atomic mass is 10.0. The van der Waals surface area contributed by atoms with Crippen LogP contribution in [0.5, 0.6) is 0 Å². The predicted octanol–water partition coefficient (Wildman–Crippen LogP) is 4.96. The molecule has 0 atom stereocenters. The van der Waals surface area contributed by atoms with Crippen LogP contribution in [0.15, 0.2) is 29.8 Å². The monoisotopic (exact) mass is 269 g/mol. The lowest BCUT2D eigenvalue weighted by Gasteiger charge is -2.03. The molecule has 106 valence electrons. The van der Waals surface area contributed by atoms with Gasteiger partial charge in [-0.3, -0.25) is 4.79 Å². The quantitative estimate of drug-likeness (QED) is 0.617. The first-order chi connectivity index (χ1) is 9.36. The van der Waals surface area contributed by atoms with Crippen LogP contribution in [-0.2, 0) is 0 Å². The molecule has 1 aromatic heterocycles. The van der Waals surface area contributed by atoms with E-state index in [-0.39, 0.29) is 5.78 Å². The molecule has 0 radical (unpaired) electrons. The van der Waals surface area contributed by atoms with Crippen molar-refractivity contribution in [3.8, 4) is 0 Å². The van der Waals surface area contributed by atoms with Gasteiger partial charge in [0.2, 0.25) is 5.78 Å². The molecule has 2 heteroatoms. The molecular formula is C18H23NO. The number of hydrogen-bond acceptors (Lipinski definition) is 1. The van der Waals surface area contributed by atoms with Crippen LogP contribution in [0.3, 0.4) is 0 Å². The molecule has 0 bridgehead atoms. The molecular weight excluding hydrogens is 246 g/mol. The van der Waals surface area contributed by atoms with Crippen molar-refractivity contribution in [2.75, 3.05) is 0 Å². The van der Waals surface area contributed by atoms with Gasteiger partial charge in [0, 0.05) is 10.9 Å². The van der Waals surface area contributed by atoms with Gasteiger partial charge in [-0.1, -0.05) is 31.1 Å². The molecule has 1 heterocycles. The van der Waals surface area contributed by atoms with Crippen LogP contribution in [0.4, 0.5) is 0 Å². The van der Waals surface area contributed by atoms with E-state index >= 15 is 0 Å². The second-order valence-electron chi connectivity index (χ2n) is 6.18. The molecule has 0 saturated heterocycles. The number of aromatic amines is 1. The van der Waals surface area contributed by atoms with Crippen LogP contribution < -0.4 is 0 Å². The number of rotatable bonds is 4. The minimum absolute atomic E-state index is 0.0661. The SMILES string of the molecule is C/C(=C/C(=O)c1cc2cc(C)cc(C)c2[nH]1)CC(C)C. The Balaban J connectivity index is 2.34. The van der Waals surface area contributed by atoms with Gasteiger partial charge < -0.3 is 4.98 Å². The van der Waals surface area contributed by atoms with E-state index in [1.165, 1.54) is 11.1 Å². The Kier molecular flexibility index (Phi) is 4.12. The molecule has 20 heavy (non-hydrogen) atoms. The summed E-state index contributed by atoms with van der Waals surface area (Å²) in [5.41, 5.74) is 5.28. The Hall–Kier alpha value is -1.83. The third-order valence-corrected chi connectivity index (χ3v) is 3.44. The highest BCUT2D eigenvalue weighted by Gasteiger charge is 2.10. The summed E-state index contributed by atoms with van der Waals surface area (Å²) in [7, 11) is 0. The van der Waals surface area contributed by atoms with Crippen LogP contribution in [0.1, 0.15) is 48.8 Å². The van der Waals surface area contributed by atoms with Crippen molar-refractivity contribution >= 4 is 16.7 Å². The Bertz CT molecular complexity index is 674. The molecule has 2 rings (SSSR count). The fourth-order valence-corrected chi connectivity index (χ4v) is 2.75. The number of allylic oxidation sites excluding steroid dienone is 2. The minimum Gasteiger partial charge on any atom is -0.352 e. The highest BCUT2D eigenvalue weighted by Crippen LogP contribution is 2.22. The zero-order valence-corrected chi connectivity index (χ0v) is 13.0. The van der Waals surface area contributed by atoms with Crippen LogP contribution in [0.2, 0.25) is 0 Å². The first-order valence-corrected chi connectivity index (χ1v) is 7.18. The standard InChI is InChI=1S/C18H23NO/c1-11(2)6-12(3)9-17(20)16-10-15-8-13(4)7-14(5)18(15)19-16/h7-11,19H,6H2,1-5H3/b12-9-. The number of carbonyl (C=O) groups excluding carboxylic acids is 1. The van der Waals surface area contributed by atoms with Crippen LogP contribution in [-0.4, -0.2) is 10.8 Å². The highest BCUT2D eigenvalue weighted by atomic mass is 16.1. The van der Waals surface area contributed by atoms with Gasteiger partial charge in [0.15, 0.2) is 0 Å². The largest absolute Gasteiger partial charge is 0.352 e. The summed E-state index contributed by atoms with van der Waals surface area (Å²) in [6, 6.07) is 6.20. The summed E-state index contributed by atoms with van der Waals surface area (Å²) < 4.78 is 0. The van der Waals surface area contributed by atoms with Gasteiger partial charge >= 0.3 is 0 Å². The fraction of sp³-hybridized carbons (Fsp3) is 0.389. The van der Waals surface area contributed by atoms with E-state index in [1.54, 1.807) is 6.08 Å². The molecule has 1 N–H and O–H groups in total. The van der Waals surface area contributed by atoms with Crippen LogP contribution in [0.25, 0.3) is 10.9 Å². The molecule has 0 fully saturated rings. The van der Waals surface area contributed by atoms with Crippen molar-refractivity contribution in [3.63, 3.8) is 0 Å². The Morgan fingerprint density at radius 1 is 1.25 bits per heavy atom. The van der Waals surface area contributed by atoms with Crippen LogP contribution in [0, 0.1) is 19.8 Å². The zero-order chi connectivity index (χ0) is 14.9. The molecule has 0 amide bonds. The summed E-state index contributed by atoms with van der Waals surface area (Å²) in [4.78, 5) is 15.6. The van der Waals surface area contributed by atoms with Crippen molar-refractivity contribution in [1.82, 2.24) is 4.98 Å². The number of aryl methyl sites for hydroxylation is 2. The van der Waals surface area contributed by atoms with Crippen molar-refractivity contribution in [3.05, 3.63) is 46.7 Å². The summed E-state index contributed by atoms with van der Waals surface area (Å²) in [6.07, 6.45) is 2.72. The molecule has 0 aliphatic rings. The number of fused-ring (bicyclic) bond motifs is 1. The van der Waals surface area contributed by atoms with Gasteiger partial charge in [0.05, 0.1) is 5.69 Å². The predicted molar refractivity (Wildman–Crippen MR) is 85.3 cm³/mol. The smallest absolute Gasteiger partial charge is 0.201 e. The fourth-order valence-electron chi connectivity index (χ4n) is 2.75. The molecule has 2 nitrogen and oxygen atoms in total. The summed E-state index contributed by atoms with van der Waals surface area (Å²) >= 11 is 0. The van der Waals surface area contributed by atoms with Crippen molar-refractivity contribution in [2.24, 2.45) is 5.92 Å². The van der Waals surface area contributed by atoms with Gasteiger partial charge in [-0.15, -0.1) is 0 Å². The third kappa shape index (κ3) is 3.19. The summed E-state index contributed by atoms with van der Waals surface area (Å²) in [5, 5.41) is 1.11. The normalized spacial score (nSPS) is 12.4. The van der Waals surface area contributed by atoms with E-state index in [4.69, 9.17) is 0 Å². The molecule has 0 saturated carbocycles. The second-order valence-corrected chi connectivity index (χ2v) is 6.18. The minimum atomic E-state index is 0.0661. The lowest BCUT2D eigenvalue weighted by molar-refractivity contribution is 0.104. The molecule has 1 aromatic carbocycles. The molecule has 0 aliphatic carbocycles. The number of aromatic nitrogens is 1. The number of nitrogens with one attached hydrogen (secondary N) is 1. The maximum atomic E-state index is 12.3. The average molecular weight is 269 g/mol. The second kappa shape index (κ2) is 5.66. The number of ketones is 1.